The summed E-state index contributed by atoms with van der Waals surface area (Å²) in [5.41, 5.74) is 3.61. The molecule has 2 rings (SSSR count). The minimum absolute atomic E-state index is 0.152. The van der Waals surface area contributed by atoms with Gasteiger partial charge in [0.15, 0.2) is 0 Å². The number of methoxy groups -OCH3 is 1. The van der Waals surface area contributed by atoms with Crippen molar-refractivity contribution in [2.45, 2.75) is 32.7 Å². The highest BCUT2D eigenvalue weighted by Crippen LogP contribution is 2.31. The Hall–Kier alpha value is -1.51. The average molecular weight is 219 g/mol. The van der Waals surface area contributed by atoms with Gasteiger partial charge in [0.25, 0.3) is 0 Å². The van der Waals surface area contributed by atoms with E-state index in [1.807, 2.05) is 12.1 Å². The lowest BCUT2D eigenvalue weighted by atomic mass is 9.95. The molecule has 1 aromatic rings. The molecule has 0 saturated carbocycles. The van der Waals surface area contributed by atoms with Crippen LogP contribution in [0.4, 0.5) is 0 Å². The van der Waals surface area contributed by atoms with Gasteiger partial charge in [0, 0.05) is 6.42 Å². The minimum atomic E-state index is 0.152. The molecule has 1 N–H and O–H groups in total. The summed E-state index contributed by atoms with van der Waals surface area (Å²) >= 11 is 0. The summed E-state index contributed by atoms with van der Waals surface area (Å²) in [5.74, 6) is 1.03. The molecule has 3 heteroatoms. The zero-order valence-corrected chi connectivity index (χ0v) is 9.96. The first-order valence-corrected chi connectivity index (χ1v) is 5.56. The zero-order valence-electron chi connectivity index (χ0n) is 9.96. The Morgan fingerprint density at radius 3 is 2.38 bits per heavy atom. The van der Waals surface area contributed by atoms with Crippen LogP contribution in [0.25, 0.3) is 0 Å². The van der Waals surface area contributed by atoms with Crippen LogP contribution in [0, 0.1) is 13.8 Å². The van der Waals surface area contributed by atoms with Gasteiger partial charge in [-0.2, -0.15) is 0 Å². The fourth-order valence-electron chi connectivity index (χ4n) is 2.43. The van der Waals surface area contributed by atoms with E-state index in [0.29, 0.717) is 6.42 Å². The Morgan fingerprint density at radius 1 is 1.31 bits per heavy atom. The van der Waals surface area contributed by atoms with Crippen molar-refractivity contribution in [3.8, 4) is 5.75 Å². The molecule has 1 aromatic carbocycles. The number of carbonyl (C=O) groups is 1. The summed E-state index contributed by atoms with van der Waals surface area (Å²) in [5, 5.41) is 3.01. The van der Waals surface area contributed by atoms with Crippen LogP contribution in [0.5, 0.6) is 5.75 Å². The molecule has 3 nitrogen and oxygen atoms in total. The van der Waals surface area contributed by atoms with Crippen LogP contribution in [0.15, 0.2) is 12.1 Å². The largest absolute Gasteiger partial charge is 0.497 e. The summed E-state index contributed by atoms with van der Waals surface area (Å²) in [4.78, 5) is 11.2. The van der Waals surface area contributed by atoms with Crippen LogP contribution in [0.1, 0.15) is 35.6 Å². The van der Waals surface area contributed by atoms with Crippen LogP contribution >= 0.6 is 0 Å². The fraction of sp³-hybridized carbons (Fsp3) is 0.462. The first-order chi connectivity index (χ1) is 7.61. The van der Waals surface area contributed by atoms with Crippen LogP contribution < -0.4 is 10.1 Å². The number of aryl methyl sites for hydroxylation is 2. The summed E-state index contributed by atoms with van der Waals surface area (Å²) in [6.07, 6.45) is 1.53. The van der Waals surface area contributed by atoms with E-state index in [2.05, 4.69) is 19.2 Å². The monoisotopic (exact) mass is 219 g/mol. The Balaban J connectivity index is 2.37. The van der Waals surface area contributed by atoms with Crippen LogP contribution in [-0.4, -0.2) is 13.0 Å². The molecule has 0 radical (unpaired) electrons. The molecule has 1 fully saturated rings. The molecule has 1 heterocycles. The number of hydrogen-bond donors (Lipinski definition) is 1. The second-order valence-electron chi connectivity index (χ2n) is 4.33. The zero-order chi connectivity index (χ0) is 11.7. The molecule has 0 aromatic heterocycles. The third kappa shape index (κ3) is 1.90. The van der Waals surface area contributed by atoms with E-state index in [1.54, 1.807) is 7.11 Å². The highest BCUT2D eigenvalue weighted by atomic mass is 16.5. The molecular weight excluding hydrogens is 202 g/mol. The molecule has 0 aliphatic carbocycles. The summed E-state index contributed by atoms with van der Waals surface area (Å²) in [6, 6.07) is 4.22. The van der Waals surface area contributed by atoms with Crippen LogP contribution in [-0.2, 0) is 4.79 Å². The van der Waals surface area contributed by atoms with E-state index >= 15 is 0 Å². The molecule has 1 aliphatic rings. The van der Waals surface area contributed by atoms with E-state index in [1.165, 1.54) is 16.7 Å². The maximum Gasteiger partial charge on any atom is 0.220 e. The predicted molar refractivity (Wildman–Crippen MR) is 62.6 cm³/mol. The molecule has 86 valence electrons. The number of hydrogen-bond acceptors (Lipinski definition) is 2. The summed E-state index contributed by atoms with van der Waals surface area (Å²) in [6.45, 7) is 4.13. The van der Waals surface area contributed by atoms with Gasteiger partial charge in [-0.1, -0.05) is 0 Å². The fourth-order valence-corrected chi connectivity index (χ4v) is 2.43. The maximum atomic E-state index is 11.2. The molecule has 1 atom stereocenters. The Bertz CT molecular complexity index is 403. The topological polar surface area (TPSA) is 38.3 Å². The van der Waals surface area contributed by atoms with Crippen molar-refractivity contribution in [2.24, 2.45) is 0 Å². The SMILES string of the molecule is COc1cc(C)c(C2CCC(=O)N2)c(C)c1. The molecular formula is C13H17NO2. The minimum Gasteiger partial charge on any atom is -0.497 e. The maximum absolute atomic E-state index is 11.2. The van der Waals surface area contributed by atoms with Gasteiger partial charge in [-0.05, 0) is 49.1 Å². The van der Waals surface area contributed by atoms with Gasteiger partial charge in [0.1, 0.15) is 5.75 Å². The Kier molecular flexibility index (Phi) is 2.86. The third-order valence-electron chi connectivity index (χ3n) is 3.15. The van der Waals surface area contributed by atoms with Crippen molar-refractivity contribution in [1.82, 2.24) is 5.32 Å². The van der Waals surface area contributed by atoms with Crippen molar-refractivity contribution in [1.29, 1.82) is 0 Å². The molecule has 1 amide bonds. The van der Waals surface area contributed by atoms with E-state index < -0.39 is 0 Å². The van der Waals surface area contributed by atoms with E-state index in [9.17, 15) is 4.79 Å². The van der Waals surface area contributed by atoms with E-state index in [-0.39, 0.29) is 11.9 Å². The van der Waals surface area contributed by atoms with Gasteiger partial charge in [0.2, 0.25) is 5.91 Å². The lowest BCUT2D eigenvalue weighted by molar-refractivity contribution is -0.119. The molecule has 0 bridgehead atoms. The van der Waals surface area contributed by atoms with Crippen molar-refractivity contribution in [3.63, 3.8) is 0 Å². The predicted octanol–water partition coefficient (Wildman–Crippen LogP) is 2.26. The normalized spacial score (nSPS) is 19.7. The van der Waals surface area contributed by atoms with Crippen LogP contribution in [0.2, 0.25) is 0 Å². The molecule has 16 heavy (non-hydrogen) atoms. The average Bonchev–Trinajstić information content (AvgIpc) is 2.63. The van der Waals surface area contributed by atoms with Gasteiger partial charge in [-0.3, -0.25) is 4.79 Å². The highest BCUT2D eigenvalue weighted by Gasteiger charge is 2.25. The first-order valence-electron chi connectivity index (χ1n) is 5.56. The Labute approximate surface area is 95.8 Å². The lowest BCUT2D eigenvalue weighted by Gasteiger charge is -2.17. The van der Waals surface area contributed by atoms with Gasteiger partial charge >= 0.3 is 0 Å². The van der Waals surface area contributed by atoms with Crippen molar-refractivity contribution in [2.75, 3.05) is 7.11 Å². The molecule has 1 saturated heterocycles. The third-order valence-corrected chi connectivity index (χ3v) is 3.15. The van der Waals surface area contributed by atoms with E-state index in [4.69, 9.17) is 4.74 Å². The molecule has 0 spiro atoms. The second-order valence-corrected chi connectivity index (χ2v) is 4.33. The molecule has 1 aliphatic heterocycles. The standard InChI is InChI=1S/C13H17NO2/c1-8-6-10(16-3)7-9(2)13(8)11-4-5-12(15)14-11/h6-7,11H,4-5H2,1-3H3,(H,14,15). The summed E-state index contributed by atoms with van der Waals surface area (Å²) < 4.78 is 5.23. The lowest BCUT2D eigenvalue weighted by Crippen LogP contribution is -2.19. The highest BCUT2D eigenvalue weighted by molar-refractivity contribution is 5.79. The van der Waals surface area contributed by atoms with Gasteiger partial charge in [-0.25, -0.2) is 0 Å². The number of rotatable bonds is 2. The van der Waals surface area contributed by atoms with Crippen molar-refractivity contribution < 1.29 is 9.53 Å². The summed E-state index contributed by atoms with van der Waals surface area (Å²) in [7, 11) is 1.67. The quantitative estimate of drug-likeness (QED) is 0.828. The van der Waals surface area contributed by atoms with Crippen molar-refractivity contribution in [3.05, 3.63) is 28.8 Å². The van der Waals surface area contributed by atoms with Crippen molar-refractivity contribution >= 4 is 5.91 Å². The number of carbonyl (C=O) groups excluding carboxylic acids is 1. The van der Waals surface area contributed by atoms with Gasteiger partial charge < -0.3 is 10.1 Å². The first kappa shape index (κ1) is 11.0. The number of amides is 1. The van der Waals surface area contributed by atoms with Gasteiger partial charge in [0.05, 0.1) is 13.2 Å². The van der Waals surface area contributed by atoms with Crippen LogP contribution in [0.3, 0.4) is 0 Å². The smallest absolute Gasteiger partial charge is 0.220 e. The number of ether oxygens (including phenoxy) is 1. The molecule has 1 unspecified atom stereocenters. The van der Waals surface area contributed by atoms with Gasteiger partial charge in [-0.15, -0.1) is 0 Å². The second kappa shape index (κ2) is 4.16. The number of nitrogens with one attached hydrogen (secondary N) is 1. The number of benzene rings is 1. The van der Waals surface area contributed by atoms with E-state index in [0.717, 1.165) is 12.2 Å². The Morgan fingerprint density at radius 2 is 1.94 bits per heavy atom.